The van der Waals surface area contributed by atoms with Crippen LogP contribution >= 0.6 is 0 Å². The second-order valence-electron chi connectivity index (χ2n) is 5.19. The summed E-state index contributed by atoms with van der Waals surface area (Å²) in [4.78, 5) is 20.4. The third-order valence-corrected chi connectivity index (χ3v) is 3.22. The van der Waals surface area contributed by atoms with Gasteiger partial charge in [0.1, 0.15) is 12.3 Å². The second kappa shape index (κ2) is 13.0. The molecule has 0 aliphatic carbocycles. The molecule has 1 aromatic carbocycles. The molecule has 1 rings (SSSR count). The zero-order chi connectivity index (χ0) is 16.8. The highest BCUT2D eigenvalue weighted by Gasteiger charge is 2.08. The Balaban J connectivity index is 0.000000433. The molecule has 1 aromatic rings. The van der Waals surface area contributed by atoms with Gasteiger partial charge < -0.3 is 16.6 Å². The van der Waals surface area contributed by atoms with Crippen molar-refractivity contribution in [1.82, 2.24) is 0 Å². The number of hydrogen-bond acceptors (Lipinski definition) is 4. The smallest absolute Gasteiger partial charge is 0.320 e. The van der Waals surface area contributed by atoms with Crippen LogP contribution in [0.1, 0.15) is 54.9 Å². The molecule has 124 valence electrons. The van der Waals surface area contributed by atoms with Crippen molar-refractivity contribution in [2.24, 2.45) is 11.5 Å². The van der Waals surface area contributed by atoms with Crippen LogP contribution in [0.2, 0.25) is 0 Å². The molecule has 0 fully saturated rings. The number of carboxylic acid groups (broad SMARTS) is 1. The van der Waals surface area contributed by atoms with Crippen molar-refractivity contribution in [2.75, 3.05) is 6.54 Å². The standard InChI is InChI=1S/C12H16O.C5H12N2O2/c1-2-3-4-5-11-6-8-12(10-13)9-7-11;6-3-1-2-4(7)5(8)9/h6-10H,2-5H2,1H3;4H,1-3,6-7H2,(H,8,9). The lowest BCUT2D eigenvalue weighted by Gasteiger charge is -2.02. The Bertz CT molecular complexity index is 418. The first kappa shape index (κ1) is 20.3. The molecule has 0 aromatic heterocycles. The van der Waals surface area contributed by atoms with Crippen molar-refractivity contribution < 1.29 is 14.7 Å². The minimum Gasteiger partial charge on any atom is -0.480 e. The minimum absolute atomic E-state index is 0.464. The summed E-state index contributed by atoms with van der Waals surface area (Å²) in [5.74, 6) is -0.955. The van der Waals surface area contributed by atoms with Gasteiger partial charge in [0.2, 0.25) is 0 Å². The maximum atomic E-state index is 10.4. The molecule has 22 heavy (non-hydrogen) atoms. The molecule has 0 saturated heterocycles. The van der Waals surface area contributed by atoms with E-state index >= 15 is 0 Å². The predicted molar refractivity (Wildman–Crippen MR) is 89.0 cm³/mol. The number of unbranched alkanes of at least 4 members (excludes halogenated alkanes) is 2. The van der Waals surface area contributed by atoms with E-state index in [0.717, 1.165) is 18.3 Å². The van der Waals surface area contributed by atoms with Crippen LogP contribution < -0.4 is 11.5 Å². The highest BCUT2D eigenvalue weighted by molar-refractivity contribution is 5.74. The van der Waals surface area contributed by atoms with Crippen LogP contribution in [-0.4, -0.2) is 29.9 Å². The van der Waals surface area contributed by atoms with Gasteiger partial charge in [-0.1, -0.05) is 44.0 Å². The number of benzene rings is 1. The Morgan fingerprint density at radius 2 is 1.86 bits per heavy atom. The molecule has 0 aliphatic heterocycles. The molecule has 0 aliphatic rings. The number of carbonyl (C=O) groups excluding carboxylic acids is 1. The van der Waals surface area contributed by atoms with Crippen LogP contribution in [0.4, 0.5) is 0 Å². The highest BCUT2D eigenvalue weighted by atomic mass is 16.4. The number of rotatable bonds is 9. The summed E-state index contributed by atoms with van der Waals surface area (Å²) in [6.07, 6.45) is 6.95. The zero-order valence-electron chi connectivity index (χ0n) is 13.3. The van der Waals surface area contributed by atoms with Crippen molar-refractivity contribution in [3.63, 3.8) is 0 Å². The summed E-state index contributed by atoms with van der Waals surface area (Å²) in [6, 6.07) is 7.11. The van der Waals surface area contributed by atoms with Crippen molar-refractivity contribution >= 4 is 12.3 Å². The number of aldehydes is 1. The summed E-state index contributed by atoms with van der Waals surface area (Å²) in [7, 11) is 0. The molecule has 5 heteroatoms. The minimum atomic E-state index is -0.955. The second-order valence-corrected chi connectivity index (χ2v) is 5.19. The normalized spacial score (nSPS) is 11.2. The Morgan fingerprint density at radius 1 is 1.23 bits per heavy atom. The largest absolute Gasteiger partial charge is 0.480 e. The molecule has 0 amide bonds. The molecule has 0 saturated carbocycles. The zero-order valence-corrected chi connectivity index (χ0v) is 13.3. The highest BCUT2D eigenvalue weighted by Crippen LogP contribution is 2.07. The Labute approximate surface area is 132 Å². The van der Waals surface area contributed by atoms with Crippen LogP contribution in [0.3, 0.4) is 0 Å². The third-order valence-electron chi connectivity index (χ3n) is 3.22. The van der Waals surface area contributed by atoms with Crippen molar-refractivity contribution in [3.8, 4) is 0 Å². The van der Waals surface area contributed by atoms with E-state index in [0.29, 0.717) is 19.4 Å². The summed E-state index contributed by atoms with van der Waals surface area (Å²) >= 11 is 0. The maximum absolute atomic E-state index is 10.4. The van der Waals surface area contributed by atoms with Crippen molar-refractivity contribution in [1.29, 1.82) is 0 Å². The molecule has 5 N–H and O–H groups in total. The van der Waals surface area contributed by atoms with Gasteiger partial charge >= 0.3 is 5.97 Å². The lowest BCUT2D eigenvalue weighted by atomic mass is 10.1. The van der Waals surface area contributed by atoms with E-state index in [1.54, 1.807) is 0 Å². The van der Waals surface area contributed by atoms with E-state index in [1.807, 2.05) is 24.3 Å². The molecule has 1 atom stereocenters. The Morgan fingerprint density at radius 3 is 2.32 bits per heavy atom. The van der Waals surface area contributed by atoms with Gasteiger partial charge in [-0.25, -0.2) is 0 Å². The molecule has 0 spiro atoms. The van der Waals surface area contributed by atoms with Gasteiger partial charge in [0.05, 0.1) is 0 Å². The van der Waals surface area contributed by atoms with E-state index in [1.165, 1.54) is 24.8 Å². The lowest BCUT2D eigenvalue weighted by molar-refractivity contribution is -0.138. The number of carbonyl (C=O) groups is 2. The Hall–Kier alpha value is -1.72. The average Bonchev–Trinajstić information content (AvgIpc) is 2.54. The number of aryl methyl sites for hydroxylation is 1. The topological polar surface area (TPSA) is 106 Å². The number of aliphatic carboxylic acids is 1. The van der Waals surface area contributed by atoms with Crippen molar-refractivity contribution in [2.45, 2.75) is 51.5 Å². The van der Waals surface area contributed by atoms with Gasteiger partial charge in [-0.15, -0.1) is 0 Å². The van der Waals surface area contributed by atoms with Crippen LogP contribution in [0, 0.1) is 0 Å². The first-order chi connectivity index (χ1) is 10.5. The molecule has 0 radical (unpaired) electrons. The molecular formula is C17H28N2O3. The van der Waals surface area contributed by atoms with E-state index in [2.05, 4.69) is 6.92 Å². The van der Waals surface area contributed by atoms with Gasteiger partial charge in [0.25, 0.3) is 0 Å². The van der Waals surface area contributed by atoms with E-state index in [-0.39, 0.29) is 0 Å². The summed E-state index contributed by atoms with van der Waals surface area (Å²) in [6.45, 7) is 2.70. The fourth-order valence-corrected chi connectivity index (χ4v) is 1.80. The van der Waals surface area contributed by atoms with Crippen LogP contribution in [0.25, 0.3) is 0 Å². The fourth-order valence-electron chi connectivity index (χ4n) is 1.80. The van der Waals surface area contributed by atoms with E-state index in [4.69, 9.17) is 16.6 Å². The van der Waals surface area contributed by atoms with Gasteiger partial charge in [-0.2, -0.15) is 0 Å². The average molecular weight is 308 g/mol. The van der Waals surface area contributed by atoms with Gasteiger partial charge in [0.15, 0.2) is 0 Å². The summed E-state index contributed by atoms with van der Waals surface area (Å²) in [5, 5.41) is 8.24. The van der Waals surface area contributed by atoms with E-state index < -0.39 is 12.0 Å². The molecule has 1 unspecified atom stereocenters. The monoisotopic (exact) mass is 308 g/mol. The van der Waals surface area contributed by atoms with E-state index in [9.17, 15) is 9.59 Å². The van der Waals surface area contributed by atoms with Crippen molar-refractivity contribution in [3.05, 3.63) is 35.4 Å². The molecule has 5 nitrogen and oxygen atoms in total. The first-order valence-corrected chi connectivity index (χ1v) is 7.77. The SMILES string of the molecule is CCCCCc1ccc(C=O)cc1.NCCCC(N)C(=O)O. The summed E-state index contributed by atoms with van der Waals surface area (Å²) < 4.78 is 0. The predicted octanol–water partition coefficient (Wildman–Crippen LogP) is 2.37. The third kappa shape index (κ3) is 10.1. The fraction of sp³-hybridized carbons (Fsp3) is 0.529. The molecule has 0 heterocycles. The van der Waals surface area contributed by atoms with Gasteiger partial charge in [-0.05, 0) is 37.8 Å². The van der Waals surface area contributed by atoms with Crippen LogP contribution in [-0.2, 0) is 11.2 Å². The number of carboxylic acids is 1. The van der Waals surface area contributed by atoms with Gasteiger partial charge in [0, 0.05) is 5.56 Å². The molecular weight excluding hydrogens is 280 g/mol. The quantitative estimate of drug-likeness (QED) is 0.479. The Kier molecular flexibility index (Phi) is 12.0. The van der Waals surface area contributed by atoms with Gasteiger partial charge in [-0.3, -0.25) is 9.59 Å². The number of nitrogens with two attached hydrogens (primary N) is 2. The van der Waals surface area contributed by atoms with Crippen LogP contribution in [0.15, 0.2) is 24.3 Å². The maximum Gasteiger partial charge on any atom is 0.320 e. The lowest BCUT2D eigenvalue weighted by Crippen LogP contribution is -2.30. The first-order valence-electron chi connectivity index (χ1n) is 7.77. The summed E-state index contributed by atoms with van der Waals surface area (Å²) in [5.41, 5.74) is 12.4. The molecule has 0 bridgehead atoms. The van der Waals surface area contributed by atoms with Crippen LogP contribution in [0.5, 0.6) is 0 Å². The number of hydrogen-bond donors (Lipinski definition) is 3.